The summed E-state index contributed by atoms with van der Waals surface area (Å²) in [6.45, 7) is 11.4. The fourth-order valence-electron chi connectivity index (χ4n) is 2.97. The molecule has 2 heterocycles. The number of piperidine rings is 1. The Morgan fingerprint density at radius 1 is 1.29 bits per heavy atom. The van der Waals surface area contributed by atoms with E-state index in [1.165, 1.54) is 32.5 Å². The molecule has 2 aliphatic heterocycles. The van der Waals surface area contributed by atoms with Gasteiger partial charge >= 0.3 is 0 Å². The Bertz CT molecular complexity index is 221. The molecule has 0 aromatic rings. The normalized spacial score (nSPS) is 39.7. The standard InChI is InChI=1S/C13H26N2O.ClH/c1-10-8-15(11(2)12(3)16-10)9-13-5-4-6-14-7-13;/h10-14H,4-9H2,1-3H3;1H. The second-order valence-corrected chi connectivity index (χ2v) is 5.56. The van der Waals surface area contributed by atoms with Crippen LogP contribution >= 0.6 is 12.4 Å². The topological polar surface area (TPSA) is 24.5 Å². The van der Waals surface area contributed by atoms with E-state index in [1.807, 2.05) is 0 Å². The fourth-order valence-corrected chi connectivity index (χ4v) is 2.97. The zero-order chi connectivity index (χ0) is 11.5. The van der Waals surface area contributed by atoms with E-state index < -0.39 is 0 Å². The maximum Gasteiger partial charge on any atom is 0.0703 e. The van der Waals surface area contributed by atoms with Gasteiger partial charge in [0.1, 0.15) is 0 Å². The maximum absolute atomic E-state index is 5.86. The van der Waals surface area contributed by atoms with Crippen LogP contribution in [0.5, 0.6) is 0 Å². The van der Waals surface area contributed by atoms with Gasteiger partial charge in [-0.1, -0.05) is 0 Å². The van der Waals surface area contributed by atoms with Crippen molar-refractivity contribution >= 4 is 12.4 Å². The summed E-state index contributed by atoms with van der Waals surface area (Å²) in [4.78, 5) is 2.62. The lowest BCUT2D eigenvalue weighted by Gasteiger charge is -2.43. The predicted molar refractivity (Wildman–Crippen MR) is 73.9 cm³/mol. The molecule has 4 heteroatoms. The van der Waals surface area contributed by atoms with Crippen LogP contribution in [0.2, 0.25) is 0 Å². The molecule has 2 aliphatic rings. The van der Waals surface area contributed by atoms with E-state index in [0.717, 1.165) is 12.5 Å². The highest BCUT2D eigenvalue weighted by Gasteiger charge is 2.30. The van der Waals surface area contributed by atoms with Crippen LogP contribution < -0.4 is 5.32 Å². The Morgan fingerprint density at radius 2 is 2.06 bits per heavy atom. The predicted octanol–water partition coefficient (Wildman–Crippen LogP) is 1.91. The molecule has 3 nitrogen and oxygen atoms in total. The van der Waals surface area contributed by atoms with Crippen LogP contribution in [0.3, 0.4) is 0 Å². The van der Waals surface area contributed by atoms with Crippen LogP contribution in [-0.4, -0.2) is 49.3 Å². The zero-order valence-corrected chi connectivity index (χ0v) is 12.1. The number of hydrogen-bond acceptors (Lipinski definition) is 3. The molecule has 2 rings (SSSR count). The summed E-state index contributed by atoms with van der Waals surface area (Å²) in [7, 11) is 0. The molecule has 17 heavy (non-hydrogen) atoms. The summed E-state index contributed by atoms with van der Waals surface area (Å²) in [5, 5.41) is 3.50. The van der Waals surface area contributed by atoms with Crippen molar-refractivity contribution in [3.8, 4) is 0 Å². The minimum atomic E-state index is 0. The third kappa shape index (κ3) is 4.09. The van der Waals surface area contributed by atoms with Crippen molar-refractivity contribution in [1.82, 2.24) is 10.2 Å². The number of hydrogen-bond donors (Lipinski definition) is 1. The van der Waals surface area contributed by atoms with Gasteiger partial charge in [0.25, 0.3) is 0 Å². The minimum Gasteiger partial charge on any atom is -0.373 e. The molecule has 4 unspecified atom stereocenters. The molecule has 0 saturated carbocycles. The van der Waals surface area contributed by atoms with Crippen LogP contribution in [0.25, 0.3) is 0 Å². The molecular weight excluding hydrogens is 236 g/mol. The highest BCUT2D eigenvalue weighted by molar-refractivity contribution is 5.85. The lowest BCUT2D eigenvalue weighted by molar-refractivity contribution is -0.103. The number of nitrogens with zero attached hydrogens (tertiary/aromatic N) is 1. The Labute approximate surface area is 112 Å². The van der Waals surface area contributed by atoms with Gasteiger partial charge in [0.2, 0.25) is 0 Å². The lowest BCUT2D eigenvalue weighted by Crippen LogP contribution is -2.54. The third-order valence-corrected chi connectivity index (χ3v) is 4.09. The van der Waals surface area contributed by atoms with E-state index in [0.29, 0.717) is 18.2 Å². The van der Waals surface area contributed by atoms with E-state index in [-0.39, 0.29) is 12.4 Å². The number of halogens is 1. The summed E-state index contributed by atoms with van der Waals surface area (Å²) in [5.41, 5.74) is 0. The Balaban J connectivity index is 0.00000144. The van der Waals surface area contributed by atoms with Crippen LogP contribution in [-0.2, 0) is 4.74 Å². The van der Waals surface area contributed by atoms with Crippen molar-refractivity contribution in [2.24, 2.45) is 5.92 Å². The average Bonchev–Trinajstić information content (AvgIpc) is 2.27. The van der Waals surface area contributed by atoms with Crippen LogP contribution in [0.1, 0.15) is 33.6 Å². The van der Waals surface area contributed by atoms with Gasteiger partial charge in [-0.25, -0.2) is 0 Å². The van der Waals surface area contributed by atoms with Crippen LogP contribution in [0, 0.1) is 5.92 Å². The van der Waals surface area contributed by atoms with Crippen molar-refractivity contribution in [2.75, 3.05) is 26.2 Å². The molecule has 0 radical (unpaired) electrons. The summed E-state index contributed by atoms with van der Waals surface area (Å²) in [6, 6.07) is 0.568. The van der Waals surface area contributed by atoms with Gasteiger partial charge in [0, 0.05) is 19.1 Å². The Morgan fingerprint density at radius 3 is 2.71 bits per heavy atom. The summed E-state index contributed by atoms with van der Waals surface area (Å²) in [5.74, 6) is 0.841. The monoisotopic (exact) mass is 262 g/mol. The Hall–Kier alpha value is 0.170. The molecule has 0 aromatic carbocycles. The quantitative estimate of drug-likeness (QED) is 0.823. The second kappa shape index (κ2) is 6.93. The van der Waals surface area contributed by atoms with Crippen molar-refractivity contribution < 1.29 is 4.74 Å². The second-order valence-electron chi connectivity index (χ2n) is 5.56. The lowest BCUT2D eigenvalue weighted by atomic mass is 9.97. The summed E-state index contributed by atoms with van der Waals surface area (Å²) >= 11 is 0. The number of rotatable bonds is 2. The van der Waals surface area contributed by atoms with E-state index in [2.05, 4.69) is 31.0 Å². The van der Waals surface area contributed by atoms with E-state index >= 15 is 0 Å². The first-order chi connectivity index (χ1) is 7.66. The summed E-state index contributed by atoms with van der Waals surface area (Å²) in [6.07, 6.45) is 3.50. The molecular formula is C13H27ClN2O. The van der Waals surface area contributed by atoms with E-state index in [4.69, 9.17) is 4.74 Å². The molecule has 102 valence electrons. The van der Waals surface area contributed by atoms with Gasteiger partial charge < -0.3 is 10.1 Å². The van der Waals surface area contributed by atoms with Gasteiger partial charge in [-0.05, 0) is 52.6 Å². The molecule has 0 amide bonds. The van der Waals surface area contributed by atoms with Gasteiger partial charge in [-0.3, -0.25) is 4.90 Å². The van der Waals surface area contributed by atoms with E-state index in [9.17, 15) is 0 Å². The number of ether oxygens (including phenoxy) is 1. The maximum atomic E-state index is 5.86. The molecule has 1 N–H and O–H groups in total. The zero-order valence-electron chi connectivity index (χ0n) is 11.3. The highest BCUT2D eigenvalue weighted by atomic mass is 35.5. The molecule has 2 fully saturated rings. The molecule has 0 bridgehead atoms. The van der Waals surface area contributed by atoms with Crippen molar-refractivity contribution in [2.45, 2.75) is 51.9 Å². The first-order valence-electron chi connectivity index (χ1n) is 6.77. The molecule has 0 spiro atoms. The highest BCUT2D eigenvalue weighted by Crippen LogP contribution is 2.21. The smallest absolute Gasteiger partial charge is 0.0703 e. The molecule has 0 aromatic heterocycles. The average molecular weight is 263 g/mol. The van der Waals surface area contributed by atoms with Gasteiger partial charge in [0.05, 0.1) is 12.2 Å². The Kier molecular flexibility index (Phi) is 6.21. The van der Waals surface area contributed by atoms with E-state index in [1.54, 1.807) is 0 Å². The van der Waals surface area contributed by atoms with Crippen molar-refractivity contribution in [3.05, 3.63) is 0 Å². The third-order valence-electron chi connectivity index (χ3n) is 4.09. The summed E-state index contributed by atoms with van der Waals surface area (Å²) < 4.78 is 5.86. The number of morpholine rings is 1. The van der Waals surface area contributed by atoms with Gasteiger partial charge in [-0.15, -0.1) is 12.4 Å². The fraction of sp³-hybridized carbons (Fsp3) is 1.00. The minimum absolute atomic E-state index is 0. The molecule has 2 saturated heterocycles. The molecule has 4 atom stereocenters. The van der Waals surface area contributed by atoms with Crippen LogP contribution in [0.4, 0.5) is 0 Å². The first kappa shape index (κ1) is 15.2. The largest absolute Gasteiger partial charge is 0.373 e. The van der Waals surface area contributed by atoms with Gasteiger partial charge in [0.15, 0.2) is 0 Å². The van der Waals surface area contributed by atoms with Crippen LogP contribution in [0.15, 0.2) is 0 Å². The van der Waals surface area contributed by atoms with Crippen molar-refractivity contribution in [3.63, 3.8) is 0 Å². The first-order valence-corrected chi connectivity index (χ1v) is 6.77. The van der Waals surface area contributed by atoms with Gasteiger partial charge in [-0.2, -0.15) is 0 Å². The molecule has 0 aliphatic carbocycles. The van der Waals surface area contributed by atoms with Crippen molar-refractivity contribution in [1.29, 1.82) is 0 Å². The SMILES string of the molecule is CC1CN(CC2CCCNC2)C(C)C(C)O1.Cl. The number of nitrogens with one attached hydrogen (secondary N) is 1.